The van der Waals surface area contributed by atoms with Crippen LogP contribution in [0.4, 0.5) is 0 Å². The van der Waals surface area contributed by atoms with Crippen molar-refractivity contribution < 1.29 is 24.5 Å². The van der Waals surface area contributed by atoms with Crippen LogP contribution in [-0.2, 0) is 14.3 Å². The van der Waals surface area contributed by atoms with Crippen LogP contribution in [0.3, 0.4) is 0 Å². The molecule has 0 saturated heterocycles. The molecule has 6 heteroatoms. The first-order chi connectivity index (χ1) is 33.5. The van der Waals surface area contributed by atoms with E-state index in [4.69, 9.17) is 4.74 Å². The molecule has 0 rings (SSSR count). The summed E-state index contributed by atoms with van der Waals surface area (Å²) in [6.45, 7) is 4.80. The van der Waals surface area contributed by atoms with E-state index in [2.05, 4.69) is 55.6 Å². The minimum Gasteiger partial charge on any atom is -0.466 e. The van der Waals surface area contributed by atoms with Crippen LogP contribution < -0.4 is 5.32 Å². The zero-order valence-electron chi connectivity index (χ0n) is 45.3. The van der Waals surface area contributed by atoms with Crippen LogP contribution in [0.15, 0.2) is 48.6 Å². The van der Waals surface area contributed by atoms with Gasteiger partial charge in [0.15, 0.2) is 0 Å². The Labute approximate surface area is 423 Å². The summed E-state index contributed by atoms with van der Waals surface area (Å²) in [6, 6.07) is -0.668. The number of unbranched alkanes of at least 4 members (excludes halogenated alkanes) is 38. The number of aliphatic hydroxyl groups is 2. The molecule has 1 amide bonds. The molecule has 0 aliphatic heterocycles. The third-order valence-corrected chi connectivity index (χ3v) is 13.6. The zero-order chi connectivity index (χ0) is 49.3. The molecule has 0 aromatic heterocycles. The fourth-order valence-corrected chi connectivity index (χ4v) is 8.96. The van der Waals surface area contributed by atoms with Gasteiger partial charge >= 0.3 is 5.97 Å². The molecule has 0 bridgehead atoms. The number of ether oxygens (including phenoxy) is 1. The van der Waals surface area contributed by atoms with E-state index in [0.29, 0.717) is 19.4 Å². The first-order valence-corrected chi connectivity index (χ1v) is 29.9. The average Bonchev–Trinajstić information content (AvgIpc) is 3.34. The van der Waals surface area contributed by atoms with Gasteiger partial charge in [0, 0.05) is 12.8 Å². The first-order valence-electron chi connectivity index (χ1n) is 29.9. The predicted molar refractivity (Wildman–Crippen MR) is 296 cm³/mol. The molecule has 0 aromatic carbocycles. The first kappa shape index (κ1) is 65.8. The summed E-state index contributed by atoms with van der Waals surface area (Å²) in [5.41, 5.74) is 0. The van der Waals surface area contributed by atoms with Gasteiger partial charge in [-0.1, -0.05) is 262 Å². The van der Waals surface area contributed by atoms with Crippen LogP contribution >= 0.6 is 0 Å². The number of carbonyl (C=O) groups is 2. The quantitative estimate of drug-likeness (QED) is 0.0321. The Morgan fingerprint density at radius 3 is 1.19 bits per heavy atom. The lowest BCUT2D eigenvalue weighted by atomic mass is 10.0. The molecule has 0 aliphatic rings. The highest BCUT2D eigenvalue weighted by Crippen LogP contribution is 2.17. The minimum atomic E-state index is -0.878. The maximum Gasteiger partial charge on any atom is 0.305 e. The number of hydrogen-bond donors (Lipinski definition) is 3. The van der Waals surface area contributed by atoms with Crippen molar-refractivity contribution in [2.45, 2.75) is 321 Å². The van der Waals surface area contributed by atoms with Crippen LogP contribution in [0, 0.1) is 0 Å². The maximum atomic E-state index is 12.5. The molecule has 0 saturated carbocycles. The third-order valence-electron chi connectivity index (χ3n) is 13.6. The number of carbonyl (C=O) groups excluding carboxylic acids is 2. The third kappa shape index (κ3) is 53.2. The summed E-state index contributed by atoms with van der Waals surface area (Å²) < 4.78 is 5.46. The monoisotopic (exact) mass is 954 g/mol. The highest BCUT2D eigenvalue weighted by Gasteiger charge is 2.18. The summed E-state index contributed by atoms with van der Waals surface area (Å²) in [6.07, 6.45) is 72.9. The molecule has 68 heavy (non-hydrogen) atoms. The largest absolute Gasteiger partial charge is 0.466 e. The van der Waals surface area contributed by atoms with Gasteiger partial charge in [0.05, 0.1) is 25.4 Å². The Bertz CT molecular complexity index is 1150. The molecule has 0 spiro atoms. The molecule has 0 aliphatic carbocycles. The van der Waals surface area contributed by atoms with E-state index in [1.165, 1.54) is 205 Å². The van der Waals surface area contributed by atoms with Gasteiger partial charge in [0.2, 0.25) is 5.91 Å². The number of rotatable bonds is 55. The second-order valence-corrected chi connectivity index (χ2v) is 20.3. The molecule has 0 aromatic rings. The number of esters is 1. The lowest BCUT2D eigenvalue weighted by molar-refractivity contribution is -0.143. The second-order valence-electron chi connectivity index (χ2n) is 20.3. The molecule has 0 heterocycles. The van der Waals surface area contributed by atoms with Crippen LogP contribution in [0.1, 0.15) is 309 Å². The molecular weight excluding hydrogens is 839 g/mol. The fraction of sp³-hybridized carbons (Fsp3) is 0.839. The fourth-order valence-electron chi connectivity index (χ4n) is 8.96. The van der Waals surface area contributed by atoms with Crippen molar-refractivity contribution in [3.8, 4) is 0 Å². The molecule has 6 nitrogen and oxygen atoms in total. The van der Waals surface area contributed by atoms with Crippen LogP contribution in [0.25, 0.3) is 0 Å². The predicted octanol–water partition coefficient (Wildman–Crippen LogP) is 18.6. The van der Waals surface area contributed by atoms with Gasteiger partial charge in [-0.15, -0.1) is 0 Å². The molecule has 3 N–H and O–H groups in total. The summed E-state index contributed by atoms with van der Waals surface area (Å²) in [5, 5.41) is 23.1. The minimum absolute atomic E-state index is 0.0416. The normalized spacial score (nSPS) is 12.9. The van der Waals surface area contributed by atoms with E-state index in [1.54, 1.807) is 6.08 Å². The van der Waals surface area contributed by atoms with Gasteiger partial charge in [0.1, 0.15) is 0 Å². The van der Waals surface area contributed by atoms with Crippen molar-refractivity contribution in [3.63, 3.8) is 0 Å². The SMILES string of the molecule is CCCCC/C=C\C/C=C\CCCCCCCCCCCC(=O)OCCCCCC/C=C\CCCC(=O)NC(CO)C(O)/C=C/CCCCCCCCCCCCCCCCCCCCCCC. The number of aliphatic hydroxyl groups excluding tert-OH is 2. The van der Waals surface area contributed by atoms with Crippen molar-refractivity contribution in [1.82, 2.24) is 5.32 Å². The highest BCUT2D eigenvalue weighted by atomic mass is 16.5. The Balaban J connectivity index is 3.55. The van der Waals surface area contributed by atoms with Crippen LogP contribution in [-0.4, -0.2) is 47.4 Å². The van der Waals surface area contributed by atoms with Gasteiger partial charge < -0.3 is 20.3 Å². The highest BCUT2D eigenvalue weighted by molar-refractivity contribution is 5.76. The van der Waals surface area contributed by atoms with Gasteiger partial charge in [-0.2, -0.15) is 0 Å². The number of amides is 1. The maximum absolute atomic E-state index is 12.5. The summed E-state index contributed by atoms with van der Waals surface area (Å²) >= 11 is 0. The number of nitrogens with one attached hydrogen (secondary N) is 1. The van der Waals surface area contributed by atoms with Crippen LogP contribution in [0.5, 0.6) is 0 Å². The summed E-state index contributed by atoms with van der Waals surface area (Å²) in [4.78, 5) is 24.6. The number of allylic oxidation sites excluding steroid dienone is 7. The molecule has 398 valence electrons. The van der Waals surface area contributed by atoms with E-state index in [-0.39, 0.29) is 18.5 Å². The van der Waals surface area contributed by atoms with E-state index in [0.717, 1.165) is 77.0 Å². The van der Waals surface area contributed by atoms with Crippen molar-refractivity contribution in [2.75, 3.05) is 13.2 Å². The van der Waals surface area contributed by atoms with Crippen molar-refractivity contribution >= 4 is 11.9 Å². The molecule has 0 fully saturated rings. The van der Waals surface area contributed by atoms with E-state index in [1.807, 2.05) is 6.08 Å². The molecular formula is C62H115NO5. The van der Waals surface area contributed by atoms with Crippen molar-refractivity contribution in [2.24, 2.45) is 0 Å². The smallest absolute Gasteiger partial charge is 0.305 e. The Morgan fingerprint density at radius 1 is 0.412 bits per heavy atom. The average molecular weight is 955 g/mol. The van der Waals surface area contributed by atoms with Gasteiger partial charge in [-0.25, -0.2) is 0 Å². The Kier molecular flexibility index (Phi) is 55.6. The van der Waals surface area contributed by atoms with Crippen molar-refractivity contribution in [3.05, 3.63) is 48.6 Å². The van der Waals surface area contributed by atoms with Gasteiger partial charge in [-0.05, 0) is 83.5 Å². The van der Waals surface area contributed by atoms with E-state index >= 15 is 0 Å². The Hall–Kier alpha value is -2.18. The van der Waals surface area contributed by atoms with E-state index in [9.17, 15) is 19.8 Å². The summed E-state index contributed by atoms with van der Waals surface area (Å²) in [7, 11) is 0. The second kappa shape index (κ2) is 57.4. The zero-order valence-corrected chi connectivity index (χ0v) is 45.3. The Morgan fingerprint density at radius 2 is 0.750 bits per heavy atom. The lowest BCUT2D eigenvalue weighted by Crippen LogP contribution is -2.45. The van der Waals surface area contributed by atoms with E-state index < -0.39 is 12.1 Å². The topological polar surface area (TPSA) is 95.9 Å². The summed E-state index contributed by atoms with van der Waals surface area (Å²) in [5.74, 6) is -0.169. The molecule has 0 radical (unpaired) electrons. The standard InChI is InChI=1S/C62H115NO5/c1-3-5-7-9-11-13-15-17-19-21-23-24-25-26-28-29-31-33-35-38-42-46-50-54-60(65)59(58-64)63-61(66)55-51-47-43-39-37-41-45-49-53-57-68-62(67)56-52-48-44-40-36-34-32-30-27-22-20-18-16-14-12-10-8-6-4-2/h12,14,18,20,39,43,50,54,59-60,64-65H,3-11,13,15-17,19,21-38,40-42,44-49,51-53,55-58H2,1-2H3,(H,63,66)/b14-12-,20-18-,43-39-,54-50+. The molecule has 2 atom stereocenters. The molecule has 2 unspecified atom stereocenters. The lowest BCUT2D eigenvalue weighted by Gasteiger charge is -2.19. The van der Waals surface area contributed by atoms with Gasteiger partial charge in [-0.3, -0.25) is 9.59 Å². The number of hydrogen-bond acceptors (Lipinski definition) is 5. The van der Waals surface area contributed by atoms with Gasteiger partial charge in [0.25, 0.3) is 0 Å². The van der Waals surface area contributed by atoms with Crippen LogP contribution in [0.2, 0.25) is 0 Å². The van der Waals surface area contributed by atoms with Crippen molar-refractivity contribution in [1.29, 1.82) is 0 Å².